The number of ketones is 1. The van der Waals surface area contributed by atoms with Gasteiger partial charge in [0, 0.05) is 18.6 Å². The second-order valence-corrected chi connectivity index (χ2v) is 3.94. The Bertz CT molecular complexity index is 539. The number of carbonyl (C=O) groups excluding carboxylic acids is 3. The highest BCUT2D eigenvalue weighted by atomic mass is 16.6. The second kappa shape index (κ2) is 7.13. The van der Waals surface area contributed by atoms with Crippen LogP contribution in [0.4, 0.5) is 5.69 Å². The lowest BCUT2D eigenvalue weighted by Crippen LogP contribution is -2.28. The third-order valence-electron chi connectivity index (χ3n) is 2.52. The second-order valence-electron chi connectivity index (χ2n) is 3.94. The first kappa shape index (κ1) is 15.5. The zero-order chi connectivity index (χ0) is 15.1. The molecule has 1 rings (SSSR count). The smallest absolute Gasteiger partial charge is 0.323 e. The molecule has 106 valence electrons. The summed E-state index contributed by atoms with van der Waals surface area (Å²) in [6, 6.07) is 5.46. The Morgan fingerprint density at radius 2 is 2.15 bits per heavy atom. The van der Waals surface area contributed by atoms with Crippen LogP contribution in [0, 0.1) is 16.0 Å². The number of ether oxygens (including phenoxy) is 1. The van der Waals surface area contributed by atoms with Crippen molar-refractivity contribution in [2.24, 2.45) is 5.92 Å². The molecule has 0 saturated heterocycles. The molecule has 7 nitrogen and oxygen atoms in total. The molecule has 0 bridgehead atoms. The first-order chi connectivity index (χ1) is 9.49. The molecule has 0 aliphatic rings. The third kappa shape index (κ3) is 3.98. The van der Waals surface area contributed by atoms with Gasteiger partial charge >= 0.3 is 5.97 Å². The number of carbonyl (C=O) groups is 3. The summed E-state index contributed by atoms with van der Waals surface area (Å²) in [5.41, 5.74) is 0.203. The van der Waals surface area contributed by atoms with Crippen LogP contribution in [0.15, 0.2) is 24.3 Å². The summed E-state index contributed by atoms with van der Waals surface area (Å²) in [5, 5.41) is 10.6. The van der Waals surface area contributed by atoms with E-state index in [1.54, 1.807) is 6.92 Å². The first-order valence-electron chi connectivity index (χ1n) is 5.87. The van der Waals surface area contributed by atoms with Crippen LogP contribution in [0.2, 0.25) is 0 Å². The minimum absolute atomic E-state index is 0.0628. The van der Waals surface area contributed by atoms with Crippen molar-refractivity contribution in [1.29, 1.82) is 0 Å². The number of aldehydes is 1. The predicted molar refractivity (Wildman–Crippen MR) is 68.0 cm³/mol. The summed E-state index contributed by atoms with van der Waals surface area (Å²) in [4.78, 5) is 44.1. The molecule has 0 aliphatic carbocycles. The van der Waals surface area contributed by atoms with Gasteiger partial charge in [0.25, 0.3) is 5.69 Å². The molecule has 0 radical (unpaired) electrons. The van der Waals surface area contributed by atoms with Gasteiger partial charge in [0.05, 0.1) is 11.5 Å². The fourth-order valence-corrected chi connectivity index (χ4v) is 1.59. The zero-order valence-electron chi connectivity index (χ0n) is 10.8. The van der Waals surface area contributed by atoms with Gasteiger partial charge in [0.15, 0.2) is 11.7 Å². The van der Waals surface area contributed by atoms with Crippen molar-refractivity contribution >= 4 is 23.7 Å². The number of non-ortho nitro benzene ring substituents is 1. The van der Waals surface area contributed by atoms with E-state index in [9.17, 15) is 24.5 Å². The number of benzene rings is 1. The summed E-state index contributed by atoms with van der Waals surface area (Å²) in [5.74, 6) is -3.05. The standard InChI is InChI=1S/C13H13NO6/c1-2-20-13(17)11(8-15)12(16)7-9-4-3-5-10(6-9)14(18)19/h3-6,8,11H,2,7H2,1H3. The highest BCUT2D eigenvalue weighted by Crippen LogP contribution is 2.15. The van der Waals surface area contributed by atoms with Crippen molar-refractivity contribution in [3.05, 3.63) is 39.9 Å². The van der Waals surface area contributed by atoms with Gasteiger partial charge in [-0.25, -0.2) is 0 Å². The van der Waals surface area contributed by atoms with Crippen LogP contribution in [-0.2, 0) is 25.5 Å². The Balaban J connectivity index is 2.83. The monoisotopic (exact) mass is 279 g/mol. The van der Waals surface area contributed by atoms with Crippen molar-refractivity contribution in [2.45, 2.75) is 13.3 Å². The Labute approximate surface area is 114 Å². The molecular formula is C13H13NO6. The van der Waals surface area contributed by atoms with Gasteiger partial charge in [-0.1, -0.05) is 12.1 Å². The highest BCUT2D eigenvalue weighted by molar-refractivity contribution is 6.11. The van der Waals surface area contributed by atoms with Gasteiger partial charge in [0.1, 0.15) is 6.29 Å². The Hall–Kier alpha value is -2.57. The van der Waals surface area contributed by atoms with E-state index in [1.165, 1.54) is 24.3 Å². The minimum atomic E-state index is -1.49. The largest absolute Gasteiger partial charge is 0.465 e. The maximum absolute atomic E-state index is 11.8. The number of nitro benzene ring substituents is 1. The molecule has 7 heteroatoms. The van der Waals surface area contributed by atoms with Crippen LogP contribution in [0.5, 0.6) is 0 Å². The number of hydrogen-bond acceptors (Lipinski definition) is 6. The van der Waals surface area contributed by atoms with E-state index in [-0.39, 0.29) is 25.0 Å². The van der Waals surface area contributed by atoms with Crippen LogP contribution in [-0.4, -0.2) is 29.6 Å². The maximum Gasteiger partial charge on any atom is 0.323 e. The molecule has 0 saturated carbocycles. The lowest BCUT2D eigenvalue weighted by molar-refractivity contribution is -0.384. The molecule has 0 aromatic heterocycles. The SMILES string of the molecule is CCOC(=O)C(C=O)C(=O)Cc1cccc([N+](=O)[O-])c1. The molecule has 0 N–H and O–H groups in total. The molecule has 1 atom stereocenters. The molecule has 0 aliphatic heterocycles. The molecule has 0 spiro atoms. The maximum atomic E-state index is 11.8. The van der Waals surface area contributed by atoms with Crippen LogP contribution < -0.4 is 0 Å². The lowest BCUT2D eigenvalue weighted by Gasteiger charge is -2.08. The molecule has 1 aromatic carbocycles. The number of Topliss-reactive ketones (excluding diaryl/α,β-unsaturated/α-hetero) is 1. The molecule has 0 heterocycles. The highest BCUT2D eigenvalue weighted by Gasteiger charge is 2.27. The number of esters is 1. The average molecular weight is 279 g/mol. The average Bonchev–Trinajstić information content (AvgIpc) is 2.40. The van der Waals surface area contributed by atoms with E-state index in [0.717, 1.165) is 0 Å². The van der Waals surface area contributed by atoms with Crippen LogP contribution >= 0.6 is 0 Å². The lowest BCUT2D eigenvalue weighted by atomic mass is 9.99. The van der Waals surface area contributed by atoms with Crippen LogP contribution in [0.1, 0.15) is 12.5 Å². The Morgan fingerprint density at radius 3 is 2.70 bits per heavy atom. The van der Waals surface area contributed by atoms with Crippen molar-refractivity contribution in [1.82, 2.24) is 0 Å². The van der Waals surface area contributed by atoms with E-state index in [0.29, 0.717) is 5.56 Å². The predicted octanol–water partition coefficient (Wildman–Crippen LogP) is 1.08. The number of hydrogen-bond donors (Lipinski definition) is 0. The van der Waals surface area contributed by atoms with Crippen LogP contribution in [0.3, 0.4) is 0 Å². The Kier molecular flexibility index (Phi) is 5.52. The van der Waals surface area contributed by atoms with E-state index in [2.05, 4.69) is 4.74 Å². The van der Waals surface area contributed by atoms with Crippen molar-refractivity contribution in [3.8, 4) is 0 Å². The molecular weight excluding hydrogens is 266 g/mol. The molecule has 1 unspecified atom stereocenters. The summed E-state index contributed by atoms with van der Waals surface area (Å²) in [7, 11) is 0. The topological polar surface area (TPSA) is 104 Å². The van der Waals surface area contributed by atoms with Gasteiger partial charge < -0.3 is 9.53 Å². The molecule has 20 heavy (non-hydrogen) atoms. The van der Waals surface area contributed by atoms with Gasteiger partial charge in [-0.2, -0.15) is 0 Å². The fourth-order valence-electron chi connectivity index (χ4n) is 1.59. The fraction of sp³-hybridized carbons (Fsp3) is 0.308. The number of nitrogens with zero attached hydrogens (tertiary/aromatic N) is 1. The Morgan fingerprint density at radius 1 is 1.45 bits per heavy atom. The summed E-state index contributed by atoms with van der Waals surface area (Å²) >= 11 is 0. The molecule has 0 fully saturated rings. The normalized spacial score (nSPS) is 11.4. The van der Waals surface area contributed by atoms with E-state index in [1.807, 2.05) is 0 Å². The van der Waals surface area contributed by atoms with Gasteiger partial charge in [-0.3, -0.25) is 19.7 Å². The number of rotatable bonds is 7. The molecule has 1 aromatic rings. The van der Waals surface area contributed by atoms with Crippen molar-refractivity contribution in [2.75, 3.05) is 6.61 Å². The van der Waals surface area contributed by atoms with Gasteiger partial charge in [-0.15, -0.1) is 0 Å². The molecule has 0 amide bonds. The summed E-state index contributed by atoms with van der Waals surface area (Å²) < 4.78 is 4.62. The quantitative estimate of drug-likeness (QED) is 0.243. The zero-order valence-corrected chi connectivity index (χ0v) is 10.8. The van der Waals surface area contributed by atoms with E-state index >= 15 is 0 Å². The van der Waals surface area contributed by atoms with E-state index in [4.69, 9.17) is 0 Å². The minimum Gasteiger partial charge on any atom is -0.465 e. The van der Waals surface area contributed by atoms with Crippen molar-refractivity contribution in [3.63, 3.8) is 0 Å². The first-order valence-corrected chi connectivity index (χ1v) is 5.87. The summed E-state index contributed by atoms with van der Waals surface area (Å²) in [6.45, 7) is 1.62. The van der Waals surface area contributed by atoms with Gasteiger partial charge in [-0.05, 0) is 12.5 Å². The van der Waals surface area contributed by atoms with E-state index < -0.39 is 22.6 Å². The third-order valence-corrected chi connectivity index (χ3v) is 2.52. The van der Waals surface area contributed by atoms with Crippen LogP contribution in [0.25, 0.3) is 0 Å². The van der Waals surface area contributed by atoms with Crippen molar-refractivity contribution < 1.29 is 24.0 Å². The number of nitro groups is 1. The van der Waals surface area contributed by atoms with Gasteiger partial charge in [0.2, 0.25) is 0 Å². The summed E-state index contributed by atoms with van der Waals surface area (Å²) in [6.07, 6.45) is -0.0262.